The summed E-state index contributed by atoms with van der Waals surface area (Å²) in [5.74, 6) is -2.53. The number of nitrogens with zero attached hydrogens (tertiary/aromatic N) is 1. The number of Topliss-reactive ketones (excluding diaryl/α,β-unsaturated/α-hetero) is 1. The lowest BCUT2D eigenvalue weighted by Gasteiger charge is -2.37. The first-order valence-corrected chi connectivity index (χ1v) is 9.91. The summed E-state index contributed by atoms with van der Waals surface area (Å²) in [6, 6.07) is 4.23. The minimum atomic E-state index is -1.26. The van der Waals surface area contributed by atoms with Crippen molar-refractivity contribution in [3.05, 3.63) is 52.1 Å². The Hall–Kier alpha value is -3.00. The van der Waals surface area contributed by atoms with E-state index in [0.717, 1.165) is 0 Å². The highest BCUT2D eigenvalue weighted by molar-refractivity contribution is 6.43. The third-order valence-electron chi connectivity index (χ3n) is 5.95. The Bertz CT molecular complexity index is 1060. The number of aromatic nitrogens is 1. The molecule has 0 aliphatic heterocycles. The number of ketones is 1. The van der Waals surface area contributed by atoms with Crippen molar-refractivity contribution in [2.24, 2.45) is 7.05 Å². The van der Waals surface area contributed by atoms with Crippen LogP contribution in [-0.4, -0.2) is 38.4 Å². The predicted octanol–water partition coefficient (Wildman–Crippen LogP) is 3.19. The van der Waals surface area contributed by atoms with Crippen LogP contribution in [0.15, 0.2) is 18.2 Å². The van der Waals surface area contributed by atoms with E-state index in [1.165, 1.54) is 36.6 Å². The molecule has 2 aromatic rings. The Kier molecular flexibility index (Phi) is 6.47. The van der Waals surface area contributed by atoms with Gasteiger partial charge in [-0.2, -0.15) is 0 Å². The molecule has 0 spiro atoms. The number of hydrogen-bond acceptors (Lipinski definition) is 4. The number of aliphatic hydroxyl groups is 1. The van der Waals surface area contributed by atoms with Crippen LogP contribution in [0, 0.1) is 26.6 Å². The van der Waals surface area contributed by atoms with Crippen molar-refractivity contribution in [1.82, 2.24) is 9.88 Å². The number of anilines is 1. The lowest BCUT2D eigenvalue weighted by Crippen LogP contribution is -2.59. The second kappa shape index (κ2) is 8.26. The normalized spacial score (nSPS) is 11.9. The van der Waals surface area contributed by atoms with Crippen LogP contribution in [0.1, 0.15) is 65.4 Å². The molecule has 1 heterocycles. The van der Waals surface area contributed by atoms with Crippen molar-refractivity contribution in [3.63, 3.8) is 0 Å². The van der Waals surface area contributed by atoms with Crippen LogP contribution >= 0.6 is 0 Å². The summed E-state index contributed by atoms with van der Waals surface area (Å²) in [4.78, 5) is 38.5. The fraction of sp³-hybridized carbons (Fsp3) is 0.435. The van der Waals surface area contributed by atoms with E-state index in [-0.39, 0.29) is 17.1 Å². The van der Waals surface area contributed by atoms with Crippen LogP contribution < -0.4 is 10.6 Å². The number of carbonyl (C=O) groups excluding carboxylic acids is 3. The monoisotopic (exact) mass is 431 g/mol. The molecule has 2 rings (SSSR count). The molecule has 7 nitrogen and oxygen atoms in total. The molecule has 0 aliphatic rings. The lowest BCUT2D eigenvalue weighted by molar-refractivity contribution is -0.121. The average molecular weight is 432 g/mol. The average Bonchev–Trinajstić information content (AvgIpc) is 2.85. The molecule has 2 amide bonds. The quantitative estimate of drug-likeness (QED) is 0.483. The van der Waals surface area contributed by atoms with E-state index >= 15 is 0 Å². The first kappa shape index (κ1) is 24.3. The number of carbonyl (C=O) groups is 3. The number of rotatable bonds is 6. The third-order valence-corrected chi connectivity index (χ3v) is 5.95. The molecule has 1 aromatic carbocycles. The van der Waals surface area contributed by atoms with E-state index in [9.17, 15) is 23.9 Å². The zero-order chi connectivity index (χ0) is 23.9. The van der Waals surface area contributed by atoms with E-state index in [2.05, 4.69) is 10.6 Å². The maximum atomic E-state index is 13.5. The summed E-state index contributed by atoms with van der Waals surface area (Å²) in [5.41, 5.74) is -0.298. The lowest BCUT2D eigenvalue weighted by atomic mass is 9.86. The topological polar surface area (TPSA) is 100 Å². The third kappa shape index (κ3) is 4.69. The minimum Gasteiger partial charge on any atom is -0.388 e. The van der Waals surface area contributed by atoms with Crippen LogP contribution in [0.25, 0.3) is 0 Å². The molecule has 0 bridgehead atoms. The first-order chi connectivity index (χ1) is 14.1. The standard InChI is InChI=1S/C23H30FN3O4/c1-12-11-15(9-10-16(12)24)25-20(29)17-13(2)18(27(8)14(17)3)19(28)21(30)26-22(4,5)23(6,7)31/h9-11,31H,1-8H3,(H,25,29)(H,26,30). The Morgan fingerprint density at radius 3 is 2.16 bits per heavy atom. The van der Waals surface area contributed by atoms with Gasteiger partial charge in [0.1, 0.15) is 5.82 Å². The summed E-state index contributed by atoms with van der Waals surface area (Å²) in [7, 11) is 1.60. The Morgan fingerprint density at radius 1 is 1.06 bits per heavy atom. The van der Waals surface area contributed by atoms with E-state index in [1.54, 1.807) is 41.7 Å². The molecular formula is C23H30FN3O4. The number of hydrogen-bond donors (Lipinski definition) is 3. The predicted molar refractivity (Wildman–Crippen MR) is 117 cm³/mol. The van der Waals surface area contributed by atoms with Crippen LogP contribution in [0.3, 0.4) is 0 Å². The highest BCUT2D eigenvalue weighted by Gasteiger charge is 2.39. The van der Waals surface area contributed by atoms with Gasteiger partial charge in [-0.25, -0.2) is 4.39 Å². The molecule has 1 aromatic heterocycles. The number of aryl methyl sites for hydroxylation is 1. The first-order valence-electron chi connectivity index (χ1n) is 9.91. The molecule has 0 fully saturated rings. The zero-order valence-corrected chi connectivity index (χ0v) is 19.2. The Morgan fingerprint density at radius 2 is 1.65 bits per heavy atom. The smallest absolute Gasteiger partial charge is 0.294 e. The van der Waals surface area contributed by atoms with Crippen molar-refractivity contribution in [3.8, 4) is 0 Å². The van der Waals surface area contributed by atoms with Gasteiger partial charge in [-0.15, -0.1) is 0 Å². The van der Waals surface area contributed by atoms with Crippen LogP contribution in [-0.2, 0) is 11.8 Å². The molecule has 0 aliphatic carbocycles. The molecular weight excluding hydrogens is 401 g/mol. The summed E-state index contributed by atoms with van der Waals surface area (Å²) in [6.07, 6.45) is 0. The van der Waals surface area contributed by atoms with Gasteiger partial charge >= 0.3 is 0 Å². The van der Waals surface area contributed by atoms with Gasteiger partial charge in [0, 0.05) is 18.4 Å². The summed E-state index contributed by atoms with van der Waals surface area (Å²) < 4.78 is 15.0. The molecule has 0 radical (unpaired) electrons. The van der Waals surface area contributed by atoms with Gasteiger partial charge in [-0.3, -0.25) is 14.4 Å². The molecule has 0 saturated carbocycles. The van der Waals surface area contributed by atoms with Crippen molar-refractivity contribution in [1.29, 1.82) is 0 Å². The van der Waals surface area contributed by atoms with Crippen molar-refractivity contribution in [2.45, 2.75) is 59.6 Å². The molecule has 168 valence electrons. The van der Waals surface area contributed by atoms with Gasteiger partial charge in [-0.1, -0.05) is 0 Å². The van der Waals surface area contributed by atoms with E-state index in [1.807, 2.05) is 0 Å². The van der Waals surface area contributed by atoms with Crippen LogP contribution in [0.4, 0.5) is 10.1 Å². The van der Waals surface area contributed by atoms with Crippen LogP contribution in [0.2, 0.25) is 0 Å². The summed E-state index contributed by atoms with van der Waals surface area (Å²) in [6.45, 7) is 11.2. The molecule has 0 saturated heterocycles. The van der Waals surface area contributed by atoms with Gasteiger partial charge in [0.05, 0.1) is 22.4 Å². The SMILES string of the molecule is Cc1cc(NC(=O)c2c(C)c(C(=O)C(=O)NC(C)(C)C(C)(C)O)n(C)c2C)ccc1F. The van der Waals surface area contributed by atoms with Crippen LogP contribution in [0.5, 0.6) is 0 Å². The minimum absolute atomic E-state index is 0.0852. The number of amides is 2. The summed E-state index contributed by atoms with van der Waals surface area (Å²) >= 11 is 0. The fourth-order valence-electron chi connectivity index (χ4n) is 3.15. The van der Waals surface area contributed by atoms with Gasteiger partial charge in [0.25, 0.3) is 17.6 Å². The summed E-state index contributed by atoms with van der Waals surface area (Å²) in [5, 5.41) is 15.5. The fourth-order valence-corrected chi connectivity index (χ4v) is 3.15. The zero-order valence-electron chi connectivity index (χ0n) is 19.2. The van der Waals surface area contributed by atoms with E-state index in [0.29, 0.717) is 22.5 Å². The van der Waals surface area contributed by atoms with E-state index < -0.39 is 28.7 Å². The molecule has 3 N–H and O–H groups in total. The molecule has 0 unspecified atom stereocenters. The van der Waals surface area contributed by atoms with Crippen molar-refractivity contribution >= 4 is 23.3 Å². The van der Waals surface area contributed by atoms with Crippen molar-refractivity contribution in [2.75, 3.05) is 5.32 Å². The number of nitrogens with one attached hydrogen (secondary N) is 2. The van der Waals surface area contributed by atoms with Gasteiger partial charge in [0.2, 0.25) is 0 Å². The highest BCUT2D eigenvalue weighted by atomic mass is 19.1. The van der Waals surface area contributed by atoms with Gasteiger partial charge in [-0.05, 0) is 77.8 Å². The maximum absolute atomic E-state index is 13.5. The van der Waals surface area contributed by atoms with E-state index in [4.69, 9.17) is 0 Å². The Balaban J connectivity index is 2.36. The van der Waals surface area contributed by atoms with Crippen molar-refractivity contribution < 1.29 is 23.9 Å². The second-order valence-corrected chi connectivity index (χ2v) is 8.88. The maximum Gasteiger partial charge on any atom is 0.294 e. The molecule has 31 heavy (non-hydrogen) atoms. The highest BCUT2D eigenvalue weighted by Crippen LogP contribution is 2.25. The number of halogens is 1. The number of benzene rings is 1. The molecule has 0 atom stereocenters. The largest absolute Gasteiger partial charge is 0.388 e. The molecule has 8 heteroatoms. The van der Waals surface area contributed by atoms with Gasteiger partial charge in [0.15, 0.2) is 0 Å². The Labute approximate surface area is 181 Å². The van der Waals surface area contributed by atoms with Gasteiger partial charge < -0.3 is 20.3 Å². The second-order valence-electron chi connectivity index (χ2n) is 8.88.